The van der Waals surface area contributed by atoms with Crippen LogP contribution in [-0.4, -0.2) is 18.3 Å². The first-order chi connectivity index (χ1) is 7.04. The van der Waals surface area contributed by atoms with Crippen LogP contribution in [-0.2, 0) is 6.42 Å². The maximum Gasteiger partial charge on any atom is 0.122 e. The molecule has 0 aromatic heterocycles. The molecule has 0 aliphatic rings. The Bertz CT molecular complexity index is 323. The van der Waals surface area contributed by atoms with Crippen molar-refractivity contribution >= 4 is 0 Å². The summed E-state index contributed by atoms with van der Waals surface area (Å²) in [4.78, 5) is 0. The average molecular weight is 209 g/mol. The normalized spacial score (nSPS) is 12.9. The molecule has 0 spiro atoms. The quantitative estimate of drug-likeness (QED) is 0.796. The first-order valence-electron chi connectivity index (χ1n) is 5.16. The fourth-order valence-corrected chi connectivity index (χ4v) is 1.33. The lowest BCUT2D eigenvalue weighted by Gasteiger charge is -2.16. The van der Waals surface area contributed by atoms with E-state index in [9.17, 15) is 5.11 Å². The fraction of sp³-hybridized carbons (Fsp3) is 0.500. The lowest BCUT2D eigenvalue weighted by Crippen LogP contribution is -2.28. The first-order valence-corrected chi connectivity index (χ1v) is 5.16. The summed E-state index contributed by atoms with van der Waals surface area (Å²) in [6.07, 6.45) is 0.688. The maximum absolute atomic E-state index is 9.72. The minimum atomic E-state index is 0.0734. The minimum Gasteiger partial charge on any atom is -0.508 e. The summed E-state index contributed by atoms with van der Waals surface area (Å²) in [6, 6.07) is 5.38. The Labute approximate surface area is 90.9 Å². The van der Waals surface area contributed by atoms with Crippen LogP contribution < -0.4 is 10.5 Å². The summed E-state index contributed by atoms with van der Waals surface area (Å²) in [5.74, 6) is 1.33. The molecule has 15 heavy (non-hydrogen) atoms. The van der Waals surface area contributed by atoms with Crippen LogP contribution in [0.4, 0.5) is 0 Å². The van der Waals surface area contributed by atoms with Gasteiger partial charge in [-0.3, -0.25) is 0 Å². The van der Waals surface area contributed by atoms with Crippen molar-refractivity contribution in [2.45, 2.75) is 26.3 Å². The molecule has 1 atom stereocenters. The van der Waals surface area contributed by atoms with Crippen LogP contribution in [0.2, 0.25) is 0 Å². The molecule has 0 amide bonds. The van der Waals surface area contributed by atoms with Crippen LogP contribution in [0.5, 0.6) is 11.5 Å². The zero-order chi connectivity index (χ0) is 11.4. The summed E-state index contributed by atoms with van der Waals surface area (Å²) < 4.78 is 5.01. The van der Waals surface area contributed by atoms with Gasteiger partial charge in [-0.15, -0.1) is 0 Å². The van der Waals surface area contributed by atoms with Crippen molar-refractivity contribution in [3.63, 3.8) is 0 Å². The highest BCUT2D eigenvalue weighted by Crippen LogP contribution is 2.24. The van der Waals surface area contributed by atoms with Crippen LogP contribution >= 0.6 is 0 Å². The van der Waals surface area contributed by atoms with E-state index in [2.05, 4.69) is 13.8 Å². The number of phenols is 1. The number of nitrogens with two attached hydrogens (primary N) is 1. The van der Waals surface area contributed by atoms with Crippen LogP contribution in [0.3, 0.4) is 0 Å². The van der Waals surface area contributed by atoms with Crippen molar-refractivity contribution in [2.75, 3.05) is 7.11 Å². The van der Waals surface area contributed by atoms with Gasteiger partial charge in [0.15, 0.2) is 0 Å². The largest absolute Gasteiger partial charge is 0.508 e. The van der Waals surface area contributed by atoms with Gasteiger partial charge in [0.2, 0.25) is 0 Å². The standard InChI is InChI=1S/C12H19NO2/c1-8(2)11(13)6-9-4-5-10(15-3)7-12(9)14/h4-5,7-8,11,14H,6,13H2,1-3H3. The van der Waals surface area contributed by atoms with E-state index in [-0.39, 0.29) is 11.8 Å². The maximum atomic E-state index is 9.72. The molecule has 0 aliphatic heterocycles. The minimum absolute atomic E-state index is 0.0734. The van der Waals surface area contributed by atoms with E-state index < -0.39 is 0 Å². The Morgan fingerprint density at radius 2 is 2.07 bits per heavy atom. The van der Waals surface area contributed by atoms with E-state index in [0.717, 1.165) is 5.56 Å². The van der Waals surface area contributed by atoms with Crippen molar-refractivity contribution in [3.05, 3.63) is 23.8 Å². The Morgan fingerprint density at radius 3 is 2.53 bits per heavy atom. The van der Waals surface area contributed by atoms with Crippen LogP contribution in [0.1, 0.15) is 19.4 Å². The van der Waals surface area contributed by atoms with E-state index in [4.69, 9.17) is 10.5 Å². The van der Waals surface area contributed by atoms with E-state index in [1.807, 2.05) is 12.1 Å². The molecule has 0 saturated carbocycles. The Balaban J connectivity index is 2.78. The highest BCUT2D eigenvalue weighted by molar-refractivity contribution is 5.40. The van der Waals surface area contributed by atoms with E-state index in [0.29, 0.717) is 18.1 Å². The Kier molecular flexibility index (Phi) is 3.97. The second kappa shape index (κ2) is 5.03. The molecule has 3 nitrogen and oxygen atoms in total. The third-order valence-corrected chi connectivity index (χ3v) is 2.60. The molecule has 1 unspecified atom stereocenters. The summed E-state index contributed by atoms with van der Waals surface area (Å²) in [5, 5.41) is 9.72. The number of ether oxygens (including phenoxy) is 1. The smallest absolute Gasteiger partial charge is 0.122 e. The van der Waals surface area contributed by atoms with E-state index in [1.165, 1.54) is 0 Å². The van der Waals surface area contributed by atoms with Gasteiger partial charge in [-0.1, -0.05) is 19.9 Å². The van der Waals surface area contributed by atoms with E-state index >= 15 is 0 Å². The molecule has 84 valence electrons. The molecular formula is C12H19NO2. The number of benzene rings is 1. The predicted octanol–water partition coefficient (Wildman–Crippen LogP) is 1.93. The van der Waals surface area contributed by atoms with Gasteiger partial charge in [-0.25, -0.2) is 0 Å². The lowest BCUT2D eigenvalue weighted by atomic mass is 9.97. The monoisotopic (exact) mass is 209 g/mol. The second-order valence-corrected chi connectivity index (χ2v) is 4.11. The topological polar surface area (TPSA) is 55.5 Å². The van der Waals surface area contributed by atoms with Gasteiger partial charge < -0.3 is 15.6 Å². The Morgan fingerprint density at radius 1 is 1.40 bits per heavy atom. The average Bonchev–Trinajstić information content (AvgIpc) is 2.20. The lowest BCUT2D eigenvalue weighted by molar-refractivity contribution is 0.404. The van der Waals surface area contributed by atoms with Gasteiger partial charge in [0, 0.05) is 12.1 Å². The molecule has 3 N–H and O–H groups in total. The number of phenolic OH excluding ortho intramolecular Hbond substituents is 1. The number of methoxy groups -OCH3 is 1. The van der Waals surface area contributed by atoms with Gasteiger partial charge in [0.1, 0.15) is 11.5 Å². The summed E-state index contributed by atoms with van der Waals surface area (Å²) >= 11 is 0. The van der Waals surface area contributed by atoms with Crippen molar-refractivity contribution in [1.29, 1.82) is 0 Å². The summed E-state index contributed by atoms with van der Waals surface area (Å²) in [6.45, 7) is 4.15. The molecule has 0 heterocycles. The molecule has 0 bridgehead atoms. The van der Waals surface area contributed by atoms with Gasteiger partial charge in [0.05, 0.1) is 7.11 Å². The molecule has 0 aliphatic carbocycles. The predicted molar refractivity (Wildman–Crippen MR) is 61.2 cm³/mol. The van der Waals surface area contributed by atoms with Crippen LogP contribution in [0, 0.1) is 5.92 Å². The number of rotatable bonds is 4. The highest BCUT2D eigenvalue weighted by Gasteiger charge is 2.11. The number of aromatic hydroxyl groups is 1. The van der Waals surface area contributed by atoms with Crippen LogP contribution in [0.15, 0.2) is 18.2 Å². The Hall–Kier alpha value is -1.22. The van der Waals surface area contributed by atoms with Gasteiger partial charge in [-0.05, 0) is 24.0 Å². The number of hydrogen-bond acceptors (Lipinski definition) is 3. The first kappa shape index (κ1) is 11.9. The zero-order valence-electron chi connectivity index (χ0n) is 9.53. The fourth-order valence-electron chi connectivity index (χ4n) is 1.33. The van der Waals surface area contributed by atoms with Gasteiger partial charge >= 0.3 is 0 Å². The SMILES string of the molecule is COc1ccc(CC(N)C(C)C)c(O)c1. The van der Waals surface area contributed by atoms with Crippen molar-refractivity contribution in [3.8, 4) is 11.5 Å². The zero-order valence-corrected chi connectivity index (χ0v) is 9.53. The third-order valence-electron chi connectivity index (χ3n) is 2.60. The van der Waals surface area contributed by atoms with Gasteiger partial charge in [0.25, 0.3) is 0 Å². The molecule has 0 saturated heterocycles. The van der Waals surface area contributed by atoms with Crippen LogP contribution in [0.25, 0.3) is 0 Å². The summed E-state index contributed by atoms with van der Waals surface area (Å²) in [5.41, 5.74) is 6.82. The highest BCUT2D eigenvalue weighted by atomic mass is 16.5. The molecule has 3 heteroatoms. The number of hydrogen-bond donors (Lipinski definition) is 2. The van der Waals surface area contributed by atoms with Crippen molar-refractivity contribution < 1.29 is 9.84 Å². The molecule has 0 radical (unpaired) electrons. The molecule has 0 fully saturated rings. The second-order valence-electron chi connectivity index (χ2n) is 4.11. The molecule has 1 rings (SSSR count). The molecule has 1 aromatic carbocycles. The van der Waals surface area contributed by atoms with E-state index in [1.54, 1.807) is 13.2 Å². The van der Waals surface area contributed by atoms with Crippen molar-refractivity contribution in [2.24, 2.45) is 11.7 Å². The summed E-state index contributed by atoms with van der Waals surface area (Å²) in [7, 11) is 1.58. The van der Waals surface area contributed by atoms with Crippen molar-refractivity contribution in [1.82, 2.24) is 0 Å². The molecular weight excluding hydrogens is 190 g/mol. The molecule has 1 aromatic rings. The third kappa shape index (κ3) is 3.13. The van der Waals surface area contributed by atoms with Gasteiger partial charge in [-0.2, -0.15) is 0 Å².